The van der Waals surface area contributed by atoms with Gasteiger partial charge in [-0.1, -0.05) is 86.7 Å². The van der Waals surface area contributed by atoms with Crippen molar-refractivity contribution in [1.82, 2.24) is 0 Å². The standard InChI is InChI=1S/C47H48N4O2/c1-26-22-30-10-4-6-14-34(30)46(24-26)48-36-16-8-12-28-18-20-32(42(50-46)38(28)36)40-44(52)41(45(40)53-3)33-21-19-29-13-9-17-37-39(29)43(33)51-47(49-37)25-27(2)23-31-11-5-7-15-35(31)47/h4-9,12-13,16-21,26-27,30-31,34-35,48,50-51H,10-11,14-15,22-25H2,1-3H3/b41-33-. The van der Waals surface area contributed by atoms with Crippen molar-refractivity contribution in [2.45, 2.75) is 76.5 Å². The second-order valence-electron chi connectivity index (χ2n) is 17.5. The number of hydrogen-bond donors (Lipinski definition) is 3. The maximum absolute atomic E-state index is 15.0. The van der Waals surface area contributed by atoms with E-state index in [-0.39, 0.29) is 11.4 Å². The molecule has 11 rings (SSSR count). The molecule has 0 aromatic heterocycles. The lowest BCUT2D eigenvalue weighted by Gasteiger charge is -2.54. The molecular weight excluding hydrogens is 653 g/mol. The molecule has 4 aromatic carbocycles. The van der Waals surface area contributed by atoms with E-state index in [9.17, 15) is 4.79 Å². The van der Waals surface area contributed by atoms with Gasteiger partial charge in [-0.3, -0.25) is 9.79 Å². The SMILES string of the molecule is COC1=C(c2ccc3cccc4c3c2NC2(CC(C)CC3CC=CCC32)N4)C(=O)/C1=c1\ccc2cccc3c2c1NC1(CC(C)CC2CC=CCC21)N=3. The van der Waals surface area contributed by atoms with Gasteiger partial charge in [0.25, 0.3) is 0 Å². The quantitative estimate of drug-likeness (QED) is 0.182. The lowest BCUT2D eigenvalue weighted by atomic mass is 9.63. The van der Waals surface area contributed by atoms with Gasteiger partial charge in [0.2, 0.25) is 5.78 Å². The number of fused-ring (bicyclic) bond motifs is 4. The number of ketones is 1. The summed E-state index contributed by atoms with van der Waals surface area (Å²) in [4.78, 5) is 20.5. The van der Waals surface area contributed by atoms with Crippen molar-refractivity contribution < 1.29 is 9.53 Å². The van der Waals surface area contributed by atoms with Crippen molar-refractivity contribution in [1.29, 1.82) is 0 Å². The van der Waals surface area contributed by atoms with E-state index in [0.717, 1.165) is 93.3 Å². The van der Waals surface area contributed by atoms with Gasteiger partial charge in [0.1, 0.15) is 17.1 Å². The maximum Gasteiger partial charge on any atom is 0.201 e. The van der Waals surface area contributed by atoms with Crippen LogP contribution in [-0.4, -0.2) is 24.2 Å². The van der Waals surface area contributed by atoms with Crippen LogP contribution >= 0.6 is 0 Å². The maximum atomic E-state index is 15.0. The summed E-state index contributed by atoms with van der Waals surface area (Å²) in [7, 11) is 1.72. The molecule has 0 bridgehead atoms. The molecule has 53 heavy (non-hydrogen) atoms. The fourth-order valence-corrected chi connectivity index (χ4v) is 12.2. The number of hydrogen-bond acceptors (Lipinski definition) is 6. The lowest BCUT2D eigenvalue weighted by Crippen LogP contribution is -2.60. The van der Waals surface area contributed by atoms with Crippen molar-refractivity contribution in [3.05, 3.63) is 107 Å². The van der Waals surface area contributed by atoms with Gasteiger partial charge >= 0.3 is 0 Å². The zero-order valence-electron chi connectivity index (χ0n) is 31.0. The number of ether oxygens (including phenoxy) is 1. The van der Waals surface area contributed by atoms with Crippen molar-refractivity contribution in [3.8, 4) is 0 Å². The third-order valence-electron chi connectivity index (χ3n) is 14.2. The minimum Gasteiger partial charge on any atom is -0.495 e. The summed E-state index contributed by atoms with van der Waals surface area (Å²) in [6, 6.07) is 21.6. The van der Waals surface area contributed by atoms with Crippen molar-refractivity contribution in [2.75, 3.05) is 23.1 Å². The molecule has 2 saturated carbocycles. The minimum atomic E-state index is -0.412. The van der Waals surface area contributed by atoms with Crippen molar-refractivity contribution in [2.24, 2.45) is 40.5 Å². The number of carbonyl (C=O) groups excluding carboxylic acids is 1. The molecule has 0 saturated heterocycles. The normalized spacial score (nSPS) is 34.5. The smallest absolute Gasteiger partial charge is 0.201 e. The third kappa shape index (κ3) is 4.44. The van der Waals surface area contributed by atoms with Gasteiger partial charge in [-0.15, -0.1) is 0 Å². The number of allylic oxidation sites excluding steroid dienone is 6. The first-order valence-corrected chi connectivity index (χ1v) is 20.1. The number of benzene rings is 4. The molecule has 0 radical (unpaired) electrons. The van der Waals surface area contributed by atoms with Gasteiger partial charge < -0.3 is 20.7 Å². The average Bonchev–Trinajstić information content (AvgIpc) is 3.15. The van der Waals surface area contributed by atoms with Crippen LogP contribution in [0.15, 0.2) is 95.7 Å². The van der Waals surface area contributed by atoms with Crippen LogP contribution in [0.2, 0.25) is 0 Å². The molecule has 268 valence electrons. The molecular formula is C47H48N4O2. The summed E-state index contributed by atoms with van der Waals surface area (Å²) in [5.41, 5.74) is 4.80. The van der Waals surface area contributed by atoms with Gasteiger partial charge in [-0.25, -0.2) is 0 Å². The summed E-state index contributed by atoms with van der Waals surface area (Å²) in [5.74, 6) is 3.94. The van der Waals surface area contributed by atoms with Crippen LogP contribution in [0, 0.1) is 35.5 Å². The van der Waals surface area contributed by atoms with Crippen LogP contribution in [0.4, 0.5) is 17.1 Å². The molecule has 3 N–H and O–H groups in total. The molecule has 2 heterocycles. The van der Waals surface area contributed by atoms with E-state index in [1.807, 2.05) is 0 Å². The van der Waals surface area contributed by atoms with Crippen LogP contribution < -0.4 is 26.5 Å². The molecule has 6 nitrogen and oxygen atoms in total. The fraction of sp³-hybridized carbons (Fsp3) is 0.404. The summed E-state index contributed by atoms with van der Waals surface area (Å²) in [6.07, 6.45) is 18.3. The molecule has 2 spiro atoms. The molecule has 8 atom stereocenters. The number of Topliss-reactive ketones (excluding diaryl/α,β-unsaturated/α-hetero) is 1. The molecule has 2 aliphatic heterocycles. The monoisotopic (exact) mass is 700 g/mol. The van der Waals surface area contributed by atoms with E-state index in [4.69, 9.17) is 9.73 Å². The molecule has 6 heteroatoms. The topological polar surface area (TPSA) is 74.8 Å². The van der Waals surface area contributed by atoms with Crippen LogP contribution in [0.5, 0.6) is 0 Å². The largest absolute Gasteiger partial charge is 0.495 e. The first-order chi connectivity index (χ1) is 25.9. The predicted octanol–water partition coefficient (Wildman–Crippen LogP) is 9.08. The molecule has 7 aliphatic rings. The van der Waals surface area contributed by atoms with E-state index in [0.29, 0.717) is 52.4 Å². The lowest BCUT2D eigenvalue weighted by molar-refractivity contribution is -0.110. The van der Waals surface area contributed by atoms with E-state index in [1.165, 1.54) is 12.8 Å². The molecule has 2 fully saturated rings. The highest BCUT2D eigenvalue weighted by Crippen LogP contribution is 2.55. The minimum absolute atomic E-state index is 0.0433. The number of nitrogens with zero attached hydrogens (tertiary/aromatic N) is 1. The Kier molecular flexibility index (Phi) is 6.77. The Hall–Kier alpha value is -4.84. The Morgan fingerprint density at radius 1 is 0.698 bits per heavy atom. The van der Waals surface area contributed by atoms with E-state index in [2.05, 4.69) is 115 Å². The van der Waals surface area contributed by atoms with Gasteiger partial charge in [0.15, 0.2) is 0 Å². The van der Waals surface area contributed by atoms with Crippen LogP contribution in [0.1, 0.15) is 70.8 Å². The Morgan fingerprint density at radius 2 is 1.40 bits per heavy atom. The zero-order chi connectivity index (χ0) is 35.6. The Balaban J connectivity index is 1.10. The number of carbonyl (C=O) groups is 1. The van der Waals surface area contributed by atoms with E-state index < -0.39 is 5.66 Å². The predicted molar refractivity (Wildman–Crippen MR) is 215 cm³/mol. The van der Waals surface area contributed by atoms with Crippen LogP contribution in [-0.2, 0) is 9.53 Å². The van der Waals surface area contributed by atoms with Crippen LogP contribution in [0.3, 0.4) is 0 Å². The Morgan fingerprint density at radius 3 is 2.21 bits per heavy atom. The third-order valence-corrected chi connectivity index (χ3v) is 14.2. The van der Waals surface area contributed by atoms with E-state index >= 15 is 0 Å². The highest BCUT2D eigenvalue weighted by atomic mass is 16.5. The second kappa shape index (κ2) is 11.3. The number of rotatable bonds is 2. The summed E-state index contributed by atoms with van der Waals surface area (Å²) in [5, 5.41) is 18.8. The van der Waals surface area contributed by atoms with Gasteiger partial charge in [0, 0.05) is 39.1 Å². The molecule has 4 aromatic rings. The number of nitrogens with one attached hydrogen (secondary N) is 3. The van der Waals surface area contributed by atoms with Gasteiger partial charge in [-0.2, -0.15) is 0 Å². The molecule has 8 unspecified atom stereocenters. The number of anilines is 3. The zero-order valence-corrected chi connectivity index (χ0v) is 31.0. The van der Waals surface area contributed by atoms with Crippen LogP contribution in [0.25, 0.3) is 32.7 Å². The Labute approximate surface area is 311 Å². The molecule has 0 amide bonds. The summed E-state index contributed by atoms with van der Waals surface area (Å²) >= 11 is 0. The van der Waals surface area contributed by atoms with Crippen molar-refractivity contribution in [3.63, 3.8) is 0 Å². The Bertz CT molecular complexity index is 2500. The highest BCUT2D eigenvalue weighted by Gasteiger charge is 2.52. The molecule has 5 aliphatic carbocycles. The summed E-state index contributed by atoms with van der Waals surface area (Å²) < 4.78 is 6.30. The highest BCUT2D eigenvalue weighted by molar-refractivity contribution is 6.52. The van der Waals surface area contributed by atoms with Gasteiger partial charge in [-0.05, 0) is 97.9 Å². The first kappa shape index (κ1) is 31.7. The average molecular weight is 701 g/mol. The van der Waals surface area contributed by atoms with E-state index in [1.54, 1.807) is 7.11 Å². The van der Waals surface area contributed by atoms with Gasteiger partial charge in [0.05, 0.1) is 35.0 Å². The fourth-order valence-electron chi connectivity index (χ4n) is 12.2. The first-order valence-electron chi connectivity index (χ1n) is 20.1. The number of methoxy groups -OCH3 is 1. The summed E-state index contributed by atoms with van der Waals surface area (Å²) in [6.45, 7) is 4.78. The van der Waals surface area contributed by atoms with Crippen molar-refractivity contribution >= 4 is 55.5 Å². The second-order valence-corrected chi connectivity index (χ2v) is 17.5.